The Morgan fingerprint density at radius 2 is 1.89 bits per heavy atom. The van der Waals surface area contributed by atoms with E-state index in [2.05, 4.69) is 20.6 Å². The summed E-state index contributed by atoms with van der Waals surface area (Å²) >= 11 is 0. The summed E-state index contributed by atoms with van der Waals surface area (Å²) in [5.41, 5.74) is 1.05. The molecule has 144 valence electrons. The first kappa shape index (κ1) is 21.9. The van der Waals surface area contributed by atoms with E-state index < -0.39 is 5.91 Å². The predicted octanol–water partition coefficient (Wildman–Crippen LogP) is 2.34. The molecule has 0 fully saturated rings. The van der Waals surface area contributed by atoms with Crippen LogP contribution in [0.15, 0.2) is 21.2 Å². The van der Waals surface area contributed by atoms with E-state index >= 15 is 0 Å². The SMILES string of the molecule is CCNC(=O)c1noc(-c2cc(C(C)C)c(O)cc2O)c1-c1noc(C)n1.[NaH]. The zero-order chi connectivity index (χ0) is 19.7. The average Bonchev–Trinajstić information content (AvgIpc) is 3.20. The molecule has 10 heteroatoms. The van der Waals surface area contributed by atoms with Crippen LogP contribution in [0.2, 0.25) is 0 Å². The minimum absolute atomic E-state index is 0. The predicted molar refractivity (Wildman–Crippen MR) is 103 cm³/mol. The van der Waals surface area contributed by atoms with Crippen molar-refractivity contribution in [3.8, 4) is 34.2 Å². The van der Waals surface area contributed by atoms with Crippen LogP contribution >= 0.6 is 0 Å². The molecule has 0 atom stereocenters. The van der Waals surface area contributed by atoms with Crippen molar-refractivity contribution in [1.29, 1.82) is 0 Å². The van der Waals surface area contributed by atoms with Gasteiger partial charge in [0.25, 0.3) is 5.91 Å². The van der Waals surface area contributed by atoms with Gasteiger partial charge < -0.3 is 24.6 Å². The van der Waals surface area contributed by atoms with Gasteiger partial charge in [-0.25, -0.2) is 0 Å². The molecule has 3 N–H and O–H groups in total. The number of carbonyl (C=O) groups excluding carboxylic acids is 1. The normalized spacial score (nSPS) is 10.8. The molecule has 28 heavy (non-hydrogen) atoms. The fourth-order valence-electron chi connectivity index (χ4n) is 2.72. The van der Waals surface area contributed by atoms with Gasteiger partial charge in [-0.05, 0) is 24.5 Å². The Balaban J connectivity index is 0.00000280. The van der Waals surface area contributed by atoms with Crippen LogP contribution in [0.3, 0.4) is 0 Å². The van der Waals surface area contributed by atoms with Crippen LogP contribution in [-0.4, -0.2) is 67.5 Å². The Morgan fingerprint density at radius 3 is 2.46 bits per heavy atom. The minimum atomic E-state index is -0.465. The van der Waals surface area contributed by atoms with Crippen LogP contribution in [0.4, 0.5) is 0 Å². The van der Waals surface area contributed by atoms with E-state index in [0.29, 0.717) is 18.0 Å². The first-order valence-corrected chi connectivity index (χ1v) is 8.48. The summed E-state index contributed by atoms with van der Waals surface area (Å²) in [6.07, 6.45) is 0. The van der Waals surface area contributed by atoms with Crippen molar-refractivity contribution in [2.45, 2.75) is 33.6 Å². The van der Waals surface area contributed by atoms with Gasteiger partial charge in [0.05, 0.1) is 5.56 Å². The summed E-state index contributed by atoms with van der Waals surface area (Å²) in [5.74, 6) is -0.209. The summed E-state index contributed by atoms with van der Waals surface area (Å²) < 4.78 is 10.4. The maximum absolute atomic E-state index is 12.4. The van der Waals surface area contributed by atoms with Crippen molar-refractivity contribution in [3.63, 3.8) is 0 Å². The third-order valence-electron chi connectivity index (χ3n) is 4.01. The molecule has 0 aliphatic rings. The number of aromatic nitrogens is 3. The average molecular weight is 396 g/mol. The van der Waals surface area contributed by atoms with E-state index in [9.17, 15) is 15.0 Å². The van der Waals surface area contributed by atoms with E-state index in [1.54, 1.807) is 19.9 Å². The summed E-state index contributed by atoms with van der Waals surface area (Å²) in [6, 6.07) is 2.82. The molecule has 2 heterocycles. The van der Waals surface area contributed by atoms with E-state index in [4.69, 9.17) is 9.05 Å². The first-order valence-electron chi connectivity index (χ1n) is 8.48. The Labute approximate surface area is 183 Å². The molecule has 1 aromatic carbocycles. The maximum atomic E-state index is 12.4. The molecule has 2 aromatic heterocycles. The van der Waals surface area contributed by atoms with E-state index in [1.807, 2.05) is 13.8 Å². The number of aryl methyl sites for hydroxylation is 1. The summed E-state index contributed by atoms with van der Waals surface area (Å²) in [6.45, 7) is 7.59. The number of phenols is 2. The second-order valence-corrected chi connectivity index (χ2v) is 6.31. The summed E-state index contributed by atoms with van der Waals surface area (Å²) in [5, 5.41) is 30.8. The third kappa shape index (κ3) is 4.06. The number of amides is 1. The Hall–Kier alpha value is -2.36. The van der Waals surface area contributed by atoms with Gasteiger partial charge in [-0.3, -0.25) is 4.79 Å². The van der Waals surface area contributed by atoms with E-state index in [0.717, 1.165) is 0 Å². The number of phenolic OH excluding ortho intramolecular Hbond substituents is 2. The number of rotatable bonds is 5. The number of carbonyl (C=O) groups is 1. The number of aromatic hydroxyl groups is 2. The van der Waals surface area contributed by atoms with Gasteiger partial charge in [0.1, 0.15) is 17.1 Å². The van der Waals surface area contributed by atoms with Crippen molar-refractivity contribution in [2.24, 2.45) is 0 Å². The van der Waals surface area contributed by atoms with Gasteiger partial charge in [-0.1, -0.05) is 24.2 Å². The zero-order valence-corrected chi connectivity index (χ0v) is 15.4. The molecule has 0 aliphatic carbocycles. The Morgan fingerprint density at radius 1 is 1.18 bits per heavy atom. The Kier molecular flexibility index (Phi) is 6.87. The zero-order valence-electron chi connectivity index (χ0n) is 15.4. The van der Waals surface area contributed by atoms with Gasteiger partial charge >= 0.3 is 29.6 Å². The molecule has 1 amide bonds. The molecule has 0 unspecified atom stereocenters. The molecule has 0 bridgehead atoms. The standard InChI is InChI=1S/C18H20N4O5.Na.H/c1-5-19-18(25)15-14(17-20-9(4)26-22-17)16(27-21-15)11-6-10(8(2)3)12(23)7-13(11)24;;/h6-8,23-24H,5H2,1-4H3,(H,19,25);;. The molecular formula is C18H21N4NaO5. The summed E-state index contributed by atoms with van der Waals surface area (Å²) in [4.78, 5) is 16.5. The van der Waals surface area contributed by atoms with Crippen molar-refractivity contribution < 1.29 is 24.1 Å². The first-order chi connectivity index (χ1) is 12.8. The molecule has 3 aromatic rings. The molecule has 9 nitrogen and oxygen atoms in total. The molecular weight excluding hydrogens is 375 g/mol. The topological polar surface area (TPSA) is 135 Å². The fourth-order valence-corrected chi connectivity index (χ4v) is 2.72. The summed E-state index contributed by atoms with van der Waals surface area (Å²) in [7, 11) is 0. The van der Waals surface area contributed by atoms with Crippen LogP contribution in [0.25, 0.3) is 22.7 Å². The van der Waals surface area contributed by atoms with Gasteiger partial charge in [0, 0.05) is 19.5 Å². The monoisotopic (exact) mass is 396 g/mol. The number of hydrogen-bond donors (Lipinski definition) is 3. The Bertz CT molecular complexity index is 996. The molecule has 0 radical (unpaired) electrons. The number of nitrogens with zero attached hydrogens (tertiary/aromatic N) is 3. The van der Waals surface area contributed by atoms with Gasteiger partial charge in [0.15, 0.2) is 11.5 Å². The number of hydrogen-bond acceptors (Lipinski definition) is 8. The van der Waals surface area contributed by atoms with Crippen LogP contribution in [0.1, 0.15) is 48.6 Å². The quantitative estimate of drug-likeness (QED) is 0.559. The van der Waals surface area contributed by atoms with Crippen LogP contribution in [-0.2, 0) is 0 Å². The fraction of sp³-hybridized carbons (Fsp3) is 0.333. The van der Waals surface area contributed by atoms with Gasteiger partial charge in [-0.2, -0.15) is 4.98 Å². The molecule has 0 saturated carbocycles. The second kappa shape index (κ2) is 8.76. The molecule has 0 spiro atoms. The molecule has 3 rings (SSSR count). The van der Waals surface area contributed by atoms with Crippen LogP contribution < -0.4 is 5.32 Å². The van der Waals surface area contributed by atoms with Crippen molar-refractivity contribution >= 4 is 35.5 Å². The molecule has 0 aliphatic heterocycles. The number of nitrogens with one attached hydrogen (secondary N) is 1. The van der Waals surface area contributed by atoms with Gasteiger partial charge in [0.2, 0.25) is 11.7 Å². The van der Waals surface area contributed by atoms with Crippen LogP contribution in [0.5, 0.6) is 11.5 Å². The van der Waals surface area contributed by atoms with Crippen molar-refractivity contribution in [2.75, 3.05) is 6.54 Å². The third-order valence-corrected chi connectivity index (χ3v) is 4.01. The van der Waals surface area contributed by atoms with E-state index in [1.165, 1.54) is 6.07 Å². The van der Waals surface area contributed by atoms with E-state index in [-0.39, 0.29) is 75.4 Å². The number of benzene rings is 1. The van der Waals surface area contributed by atoms with Gasteiger partial charge in [-0.15, -0.1) is 0 Å². The van der Waals surface area contributed by atoms with Crippen LogP contribution in [0, 0.1) is 6.92 Å². The van der Waals surface area contributed by atoms with Crippen molar-refractivity contribution in [3.05, 3.63) is 29.3 Å². The molecule has 0 saturated heterocycles. The second-order valence-electron chi connectivity index (χ2n) is 6.31. The van der Waals surface area contributed by atoms with Crippen molar-refractivity contribution in [1.82, 2.24) is 20.6 Å².